The molecule has 0 aliphatic heterocycles. The summed E-state index contributed by atoms with van der Waals surface area (Å²) in [5.41, 5.74) is 1.05. The Balaban J connectivity index is 2.12. The van der Waals surface area contributed by atoms with E-state index in [4.69, 9.17) is 9.29 Å². The smallest absolute Gasteiger partial charge is 0.264 e. The molecule has 132 valence electrons. The topological polar surface area (TPSA) is 63.6 Å². The van der Waals surface area contributed by atoms with E-state index in [0.717, 1.165) is 24.3 Å². The molecule has 23 heavy (non-hydrogen) atoms. The summed E-state index contributed by atoms with van der Waals surface area (Å²) in [4.78, 5) is 0. The van der Waals surface area contributed by atoms with E-state index in [9.17, 15) is 8.42 Å². The van der Waals surface area contributed by atoms with Crippen molar-refractivity contribution in [3.63, 3.8) is 0 Å². The van der Waals surface area contributed by atoms with Crippen LogP contribution < -0.4 is 4.74 Å². The van der Waals surface area contributed by atoms with Gasteiger partial charge in [-0.3, -0.25) is 4.55 Å². The third kappa shape index (κ3) is 11.2. The number of hydrogen-bond acceptors (Lipinski definition) is 3. The Morgan fingerprint density at radius 2 is 1.52 bits per heavy atom. The third-order valence-corrected chi connectivity index (χ3v) is 4.61. The van der Waals surface area contributed by atoms with E-state index >= 15 is 0 Å². The number of benzene rings is 1. The zero-order valence-corrected chi connectivity index (χ0v) is 15.0. The summed E-state index contributed by atoms with van der Waals surface area (Å²) in [6.45, 7) is 2.98. The molecule has 0 atom stereocenters. The van der Waals surface area contributed by atoms with Crippen molar-refractivity contribution in [2.75, 3.05) is 12.4 Å². The lowest BCUT2D eigenvalue weighted by molar-refractivity contribution is 0.304. The van der Waals surface area contributed by atoms with Gasteiger partial charge in [0.15, 0.2) is 0 Å². The molecule has 0 saturated heterocycles. The molecule has 1 aromatic rings. The molecule has 4 nitrogen and oxygen atoms in total. The minimum Gasteiger partial charge on any atom is -0.494 e. The first-order valence-corrected chi connectivity index (χ1v) is 10.3. The highest BCUT2D eigenvalue weighted by Gasteiger charge is 2.04. The Labute approximate surface area is 141 Å². The van der Waals surface area contributed by atoms with Gasteiger partial charge in [0.2, 0.25) is 0 Å². The second kappa shape index (κ2) is 11.5. The first-order valence-electron chi connectivity index (χ1n) is 8.68. The van der Waals surface area contributed by atoms with Crippen molar-refractivity contribution in [3.8, 4) is 5.75 Å². The van der Waals surface area contributed by atoms with Crippen molar-refractivity contribution in [2.45, 2.75) is 64.7 Å². The molecule has 0 heterocycles. The van der Waals surface area contributed by atoms with Crippen LogP contribution in [0, 0.1) is 0 Å². The summed E-state index contributed by atoms with van der Waals surface area (Å²) in [5.74, 6) is 0.665. The lowest BCUT2D eigenvalue weighted by Gasteiger charge is -2.07. The van der Waals surface area contributed by atoms with Gasteiger partial charge in [-0.25, -0.2) is 0 Å². The number of unbranched alkanes of at least 4 members (excludes halogenated alkanes) is 6. The summed E-state index contributed by atoms with van der Waals surface area (Å²) in [6.07, 6.45) is 9.95. The van der Waals surface area contributed by atoms with Crippen LogP contribution in [-0.4, -0.2) is 25.3 Å². The molecule has 0 unspecified atom stereocenters. The summed E-state index contributed by atoms with van der Waals surface area (Å²) >= 11 is 0. The van der Waals surface area contributed by atoms with Crippen LogP contribution in [0.3, 0.4) is 0 Å². The SMILES string of the molecule is CCCCCCCCCOc1ccc(CCCS(=O)(=O)O)cc1. The number of hydrogen-bond donors (Lipinski definition) is 1. The van der Waals surface area contributed by atoms with Crippen molar-refractivity contribution in [2.24, 2.45) is 0 Å². The van der Waals surface area contributed by atoms with Gasteiger partial charge in [0.1, 0.15) is 5.75 Å². The highest BCUT2D eigenvalue weighted by Crippen LogP contribution is 2.15. The Hall–Kier alpha value is -1.07. The molecule has 0 aliphatic carbocycles. The fraction of sp³-hybridized carbons (Fsp3) is 0.667. The molecule has 0 bridgehead atoms. The van der Waals surface area contributed by atoms with E-state index in [1.807, 2.05) is 24.3 Å². The molecule has 0 saturated carbocycles. The van der Waals surface area contributed by atoms with Crippen LogP contribution in [0.15, 0.2) is 24.3 Å². The van der Waals surface area contributed by atoms with E-state index in [1.54, 1.807) is 0 Å². The largest absolute Gasteiger partial charge is 0.494 e. The minimum atomic E-state index is -3.85. The van der Waals surface area contributed by atoms with Crippen LogP contribution in [0.5, 0.6) is 5.75 Å². The first-order chi connectivity index (χ1) is 11.0. The normalized spacial score (nSPS) is 11.6. The molecular weight excluding hydrogens is 312 g/mol. The molecule has 0 spiro atoms. The van der Waals surface area contributed by atoms with Crippen LogP contribution in [0.25, 0.3) is 0 Å². The molecule has 0 amide bonds. The maximum Gasteiger partial charge on any atom is 0.264 e. The Kier molecular flexibility index (Phi) is 9.96. The summed E-state index contributed by atoms with van der Waals surface area (Å²) in [7, 11) is -3.85. The standard InChI is InChI=1S/C18H30O4S/c1-2-3-4-5-6-7-8-15-22-18-13-11-17(12-14-18)10-9-16-23(19,20)21/h11-14H,2-10,15-16H2,1H3,(H,19,20,21). The van der Waals surface area contributed by atoms with Crippen molar-refractivity contribution < 1.29 is 17.7 Å². The molecule has 0 aromatic heterocycles. The van der Waals surface area contributed by atoms with E-state index in [0.29, 0.717) is 12.8 Å². The predicted molar refractivity (Wildman–Crippen MR) is 94.7 cm³/mol. The van der Waals surface area contributed by atoms with Crippen LogP contribution in [0.2, 0.25) is 0 Å². The molecule has 1 rings (SSSR count). The molecule has 0 radical (unpaired) electrons. The van der Waals surface area contributed by atoms with Gasteiger partial charge in [-0.05, 0) is 37.0 Å². The predicted octanol–water partition coefficient (Wildman–Crippen LogP) is 4.64. The molecule has 5 heteroatoms. The average Bonchev–Trinajstić information content (AvgIpc) is 2.50. The Morgan fingerprint density at radius 3 is 2.13 bits per heavy atom. The van der Waals surface area contributed by atoms with Gasteiger partial charge in [-0.1, -0.05) is 57.6 Å². The van der Waals surface area contributed by atoms with Crippen LogP contribution in [0.1, 0.15) is 63.9 Å². The Morgan fingerprint density at radius 1 is 0.913 bits per heavy atom. The van der Waals surface area contributed by atoms with Gasteiger partial charge in [0.05, 0.1) is 12.4 Å². The lowest BCUT2D eigenvalue weighted by Crippen LogP contribution is -2.04. The first kappa shape index (κ1) is 20.0. The molecule has 1 aromatic carbocycles. The van der Waals surface area contributed by atoms with Gasteiger partial charge in [0, 0.05) is 0 Å². The third-order valence-electron chi connectivity index (χ3n) is 3.81. The van der Waals surface area contributed by atoms with Gasteiger partial charge >= 0.3 is 0 Å². The summed E-state index contributed by atoms with van der Waals surface area (Å²) in [5, 5.41) is 0. The highest BCUT2D eigenvalue weighted by molar-refractivity contribution is 7.85. The van der Waals surface area contributed by atoms with Crippen molar-refractivity contribution in [3.05, 3.63) is 29.8 Å². The van der Waals surface area contributed by atoms with E-state index in [-0.39, 0.29) is 5.75 Å². The maximum absolute atomic E-state index is 10.7. The molecule has 1 N–H and O–H groups in total. The van der Waals surface area contributed by atoms with Crippen LogP contribution in [0.4, 0.5) is 0 Å². The number of ether oxygens (including phenoxy) is 1. The quantitative estimate of drug-likeness (QED) is 0.419. The molecular formula is C18H30O4S. The summed E-state index contributed by atoms with van der Waals surface area (Å²) in [6, 6.07) is 7.74. The molecule has 0 fully saturated rings. The zero-order valence-electron chi connectivity index (χ0n) is 14.2. The fourth-order valence-corrected chi connectivity index (χ4v) is 2.97. The van der Waals surface area contributed by atoms with Crippen LogP contribution in [-0.2, 0) is 16.5 Å². The van der Waals surface area contributed by atoms with Crippen LogP contribution >= 0.6 is 0 Å². The second-order valence-corrected chi connectivity index (χ2v) is 7.58. The monoisotopic (exact) mass is 342 g/mol. The van der Waals surface area contributed by atoms with Crippen molar-refractivity contribution in [1.29, 1.82) is 0 Å². The zero-order chi connectivity index (χ0) is 17.0. The van der Waals surface area contributed by atoms with Crippen molar-refractivity contribution >= 4 is 10.1 Å². The second-order valence-electron chi connectivity index (χ2n) is 6.00. The maximum atomic E-state index is 10.7. The number of rotatable bonds is 13. The Bertz CT molecular complexity index is 508. The van der Waals surface area contributed by atoms with E-state index < -0.39 is 10.1 Å². The van der Waals surface area contributed by atoms with E-state index in [2.05, 4.69) is 6.92 Å². The number of aryl methyl sites for hydroxylation is 1. The summed E-state index contributed by atoms with van der Waals surface area (Å²) < 4.78 is 35.7. The van der Waals surface area contributed by atoms with Crippen molar-refractivity contribution in [1.82, 2.24) is 0 Å². The van der Waals surface area contributed by atoms with Gasteiger partial charge in [-0.15, -0.1) is 0 Å². The van der Waals surface area contributed by atoms with Gasteiger partial charge in [0.25, 0.3) is 10.1 Å². The lowest BCUT2D eigenvalue weighted by atomic mass is 10.1. The van der Waals surface area contributed by atoms with Gasteiger partial charge in [-0.2, -0.15) is 8.42 Å². The minimum absolute atomic E-state index is 0.191. The highest BCUT2D eigenvalue weighted by atomic mass is 32.2. The molecule has 0 aliphatic rings. The average molecular weight is 343 g/mol. The van der Waals surface area contributed by atoms with Gasteiger partial charge < -0.3 is 4.74 Å². The fourth-order valence-electron chi connectivity index (χ4n) is 2.46. The van der Waals surface area contributed by atoms with E-state index in [1.165, 1.54) is 38.5 Å².